The smallest absolute Gasteiger partial charge is 0.265 e. The summed E-state index contributed by atoms with van der Waals surface area (Å²) in [6, 6.07) is 9.41. The molecule has 1 amide bonds. The van der Waals surface area contributed by atoms with Crippen LogP contribution in [0, 0.1) is 6.92 Å². The van der Waals surface area contributed by atoms with Gasteiger partial charge < -0.3 is 14.8 Å². The average molecular weight is 368 g/mol. The monoisotopic (exact) mass is 367 g/mol. The summed E-state index contributed by atoms with van der Waals surface area (Å²) in [6.07, 6.45) is -0.333. The number of thiophene rings is 1. The summed E-state index contributed by atoms with van der Waals surface area (Å²) in [6.45, 7) is 3.17. The number of rotatable bonds is 3. The van der Waals surface area contributed by atoms with Gasteiger partial charge in [-0.1, -0.05) is 12.1 Å². The minimum atomic E-state index is -0.333. The predicted molar refractivity (Wildman–Crippen MR) is 85.8 cm³/mol. The highest BCUT2D eigenvalue weighted by molar-refractivity contribution is 9.11. The van der Waals surface area contributed by atoms with Crippen molar-refractivity contribution in [3.05, 3.63) is 50.1 Å². The lowest BCUT2D eigenvalue weighted by Crippen LogP contribution is -2.10. The van der Waals surface area contributed by atoms with Crippen molar-refractivity contribution in [3.63, 3.8) is 0 Å². The molecule has 1 aromatic carbocycles. The Morgan fingerprint density at radius 3 is 2.76 bits per heavy atom. The first-order valence-electron chi connectivity index (χ1n) is 6.54. The molecule has 3 rings (SSSR count). The van der Waals surface area contributed by atoms with Crippen LogP contribution in [0.4, 0.5) is 5.69 Å². The van der Waals surface area contributed by atoms with Crippen LogP contribution in [0.15, 0.2) is 34.1 Å². The lowest BCUT2D eigenvalue weighted by atomic mass is 10.2. The molecule has 1 aliphatic heterocycles. The molecule has 1 N–H and O–H groups in total. The first kappa shape index (κ1) is 14.7. The van der Waals surface area contributed by atoms with E-state index in [0.29, 0.717) is 18.1 Å². The van der Waals surface area contributed by atoms with E-state index in [1.807, 2.05) is 37.3 Å². The van der Waals surface area contributed by atoms with E-state index in [-0.39, 0.29) is 12.2 Å². The third-order valence-corrected chi connectivity index (χ3v) is 5.25. The molecule has 0 spiro atoms. The Labute approximate surface area is 135 Å². The van der Waals surface area contributed by atoms with Crippen LogP contribution in [0.5, 0.6) is 0 Å². The molecule has 0 aliphatic carbocycles. The van der Waals surface area contributed by atoms with E-state index >= 15 is 0 Å². The molecule has 21 heavy (non-hydrogen) atoms. The highest BCUT2D eigenvalue weighted by atomic mass is 79.9. The Balaban J connectivity index is 1.75. The number of hydrogen-bond acceptors (Lipinski definition) is 4. The molecule has 110 valence electrons. The number of aryl methyl sites for hydroxylation is 1. The minimum Gasteiger partial charge on any atom is -0.346 e. The fourth-order valence-corrected chi connectivity index (χ4v) is 3.51. The maximum absolute atomic E-state index is 12.2. The summed E-state index contributed by atoms with van der Waals surface area (Å²) < 4.78 is 11.9. The van der Waals surface area contributed by atoms with Crippen molar-refractivity contribution in [1.29, 1.82) is 0 Å². The summed E-state index contributed by atoms with van der Waals surface area (Å²) in [5, 5.41) is 2.90. The molecule has 0 unspecified atom stereocenters. The summed E-state index contributed by atoms with van der Waals surface area (Å²) in [7, 11) is 0. The molecule has 1 saturated heterocycles. The Bertz CT molecular complexity index is 645. The maximum atomic E-state index is 12.2. The van der Waals surface area contributed by atoms with Crippen LogP contribution in [0.3, 0.4) is 0 Å². The first-order chi connectivity index (χ1) is 10.1. The second kappa shape index (κ2) is 6.27. The lowest BCUT2D eigenvalue weighted by Gasteiger charge is -2.11. The summed E-state index contributed by atoms with van der Waals surface area (Å²) >= 11 is 4.86. The average Bonchev–Trinajstić information content (AvgIpc) is 3.10. The van der Waals surface area contributed by atoms with Crippen LogP contribution in [0.1, 0.15) is 27.1 Å². The molecule has 2 aromatic rings. The van der Waals surface area contributed by atoms with Crippen LogP contribution in [0.2, 0.25) is 0 Å². The molecule has 1 aliphatic rings. The number of nitrogens with one attached hydrogen (secondary N) is 1. The zero-order chi connectivity index (χ0) is 14.8. The van der Waals surface area contributed by atoms with Gasteiger partial charge in [0.05, 0.1) is 21.9 Å². The SMILES string of the molecule is Cc1cc(C(=O)Nc2cccc(C3OCCO3)c2)sc1Br. The van der Waals surface area contributed by atoms with E-state index in [0.717, 1.165) is 20.6 Å². The van der Waals surface area contributed by atoms with Crippen molar-refractivity contribution in [1.82, 2.24) is 0 Å². The fourth-order valence-electron chi connectivity index (χ4n) is 2.08. The standard InChI is InChI=1S/C15H14BrNO3S/c1-9-7-12(21-13(9)16)14(18)17-11-4-2-3-10(8-11)15-19-5-6-20-15/h2-4,7-8,15H,5-6H2,1H3,(H,17,18). The van der Waals surface area contributed by atoms with Crippen molar-refractivity contribution < 1.29 is 14.3 Å². The Morgan fingerprint density at radius 1 is 1.33 bits per heavy atom. The van der Waals surface area contributed by atoms with Crippen molar-refractivity contribution in [3.8, 4) is 0 Å². The van der Waals surface area contributed by atoms with Crippen LogP contribution in [-0.2, 0) is 9.47 Å². The van der Waals surface area contributed by atoms with E-state index in [4.69, 9.17) is 9.47 Å². The number of benzene rings is 1. The molecule has 1 fully saturated rings. The van der Waals surface area contributed by atoms with Crippen molar-refractivity contribution in [2.75, 3.05) is 18.5 Å². The van der Waals surface area contributed by atoms with E-state index < -0.39 is 0 Å². The number of halogens is 1. The van der Waals surface area contributed by atoms with E-state index in [1.54, 1.807) is 0 Å². The maximum Gasteiger partial charge on any atom is 0.265 e. The first-order valence-corrected chi connectivity index (χ1v) is 8.15. The van der Waals surface area contributed by atoms with Gasteiger partial charge in [0.25, 0.3) is 5.91 Å². The Hall–Kier alpha value is -1.21. The second-order valence-electron chi connectivity index (χ2n) is 4.72. The highest BCUT2D eigenvalue weighted by Crippen LogP contribution is 2.29. The van der Waals surface area contributed by atoms with E-state index in [1.165, 1.54) is 11.3 Å². The van der Waals surface area contributed by atoms with Gasteiger partial charge in [0, 0.05) is 11.3 Å². The zero-order valence-electron chi connectivity index (χ0n) is 11.4. The normalized spacial score (nSPS) is 15.3. The van der Waals surface area contributed by atoms with Gasteiger partial charge in [0.15, 0.2) is 6.29 Å². The third-order valence-electron chi connectivity index (χ3n) is 3.12. The van der Waals surface area contributed by atoms with Gasteiger partial charge in [0.2, 0.25) is 0 Å². The molecule has 0 radical (unpaired) electrons. The largest absolute Gasteiger partial charge is 0.346 e. The number of anilines is 1. The van der Waals surface area contributed by atoms with Gasteiger partial charge in [-0.15, -0.1) is 11.3 Å². The van der Waals surface area contributed by atoms with Gasteiger partial charge in [-0.25, -0.2) is 0 Å². The quantitative estimate of drug-likeness (QED) is 0.887. The Kier molecular flexibility index (Phi) is 4.40. The van der Waals surface area contributed by atoms with Gasteiger partial charge >= 0.3 is 0 Å². The van der Waals surface area contributed by atoms with E-state index in [9.17, 15) is 4.79 Å². The molecule has 4 nitrogen and oxygen atoms in total. The minimum absolute atomic E-state index is 0.112. The van der Waals surface area contributed by atoms with Crippen LogP contribution in [0.25, 0.3) is 0 Å². The fraction of sp³-hybridized carbons (Fsp3) is 0.267. The topological polar surface area (TPSA) is 47.6 Å². The Morgan fingerprint density at radius 2 is 2.10 bits per heavy atom. The summed E-state index contributed by atoms with van der Waals surface area (Å²) in [5.74, 6) is -0.112. The van der Waals surface area contributed by atoms with Gasteiger partial charge in [0.1, 0.15) is 0 Å². The van der Waals surface area contributed by atoms with Crippen molar-refractivity contribution >= 4 is 38.9 Å². The molecule has 1 aromatic heterocycles. The zero-order valence-corrected chi connectivity index (χ0v) is 13.8. The molecule has 0 saturated carbocycles. The number of hydrogen-bond donors (Lipinski definition) is 1. The molecule has 0 bridgehead atoms. The van der Waals surface area contributed by atoms with Gasteiger partial charge in [-0.3, -0.25) is 4.79 Å². The molecule has 0 atom stereocenters. The van der Waals surface area contributed by atoms with Crippen LogP contribution in [-0.4, -0.2) is 19.1 Å². The number of amides is 1. The van der Waals surface area contributed by atoms with Crippen molar-refractivity contribution in [2.45, 2.75) is 13.2 Å². The third kappa shape index (κ3) is 3.35. The molecule has 6 heteroatoms. The van der Waals surface area contributed by atoms with Crippen molar-refractivity contribution in [2.24, 2.45) is 0 Å². The highest BCUT2D eigenvalue weighted by Gasteiger charge is 2.19. The van der Waals surface area contributed by atoms with Crippen LogP contribution < -0.4 is 5.32 Å². The predicted octanol–water partition coefficient (Wildman–Crippen LogP) is 4.12. The second-order valence-corrected chi connectivity index (χ2v) is 7.09. The van der Waals surface area contributed by atoms with E-state index in [2.05, 4.69) is 21.2 Å². The number of ether oxygens (including phenoxy) is 2. The summed E-state index contributed by atoms with van der Waals surface area (Å²) in [4.78, 5) is 12.9. The van der Waals surface area contributed by atoms with Gasteiger partial charge in [-0.2, -0.15) is 0 Å². The van der Waals surface area contributed by atoms with Gasteiger partial charge in [-0.05, 0) is 46.6 Å². The summed E-state index contributed by atoms with van der Waals surface area (Å²) in [5.41, 5.74) is 2.71. The molecular weight excluding hydrogens is 354 g/mol. The number of carbonyl (C=O) groups excluding carboxylic acids is 1. The molecule has 2 heterocycles. The lowest BCUT2D eigenvalue weighted by molar-refractivity contribution is -0.0440. The molecular formula is C15H14BrNO3S. The van der Waals surface area contributed by atoms with Crippen LogP contribution >= 0.6 is 27.3 Å². The number of carbonyl (C=O) groups is 1.